The van der Waals surface area contributed by atoms with Gasteiger partial charge in [-0.1, -0.05) is 0 Å². The van der Waals surface area contributed by atoms with Gasteiger partial charge in [0.2, 0.25) is 0 Å². The van der Waals surface area contributed by atoms with E-state index in [-0.39, 0.29) is 18.0 Å². The summed E-state index contributed by atoms with van der Waals surface area (Å²) in [6.07, 6.45) is 0. The quantitative estimate of drug-likeness (QED) is 0.927. The average molecular weight is 304 g/mol. The molecule has 112 valence electrons. The third kappa shape index (κ3) is 2.38. The summed E-state index contributed by atoms with van der Waals surface area (Å²) in [4.78, 5) is 19.0. The first-order valence-electron chi connectivity index (χ1n) is 7.17. The smallest absolute Gasteiger partial charge is 0.273 e. The predicted octanol–water partition coefficient (Wildman–Crippen LogP) is 2.49. The highest BCUT2D eigenvalue weighted by Crippen LogP contribution is 2.29. The van der Waals surface area contributed by atoms with Crippen molar-refractivity contribution in [1.82, 2.24) is 14.5 Å². The molecule has 2 aromatic rings. The molecule has 2 N–H and O–H groups in total. The molecule has 6 heteroatoms. The molecule has 0 bridgehead atoms. The monoisotopic (exact) mass is 304 g/mol. The van der Waals surface area contributed by atoms with Gasteiger partial charge in [-0.25, -0.2) is 4.98 Å². The van der Waals surface area contributed by atoms with E-state index < -0.39 is 0 Å². The van der Waals surface area contributed by atoms with Gasteiger partial charge in [0.15, 0.2) is 0 Å². The van der Waals surface area contributed by atoms with Crippen LogP contribution in [0.1, 0.15) is 52.8 Å². The minimum Gasteiger partial charge on any atom is -0.345 e. The highest BCUT2D eigenvalue weighted by Gasteiger charge is 2.30. The number of aromatic nitrogens is 2. The van der Waals surface area contributed by atoms with E-state index in [0.717, 1.165) is 11.6 Å². The first-order valence-corrected chi connectivity index (χ1v) is 8.05. The summed E-state index contributed by atoms with van der Waals surface area (Å²) in [6.45, 7) is 7.61. The van der Waals surface area contributed by atoms with Gasteiger partial charge in [-0.2, -0.15) is 0 Å². The van der Waals surface area contributed by atoms with Crippen LogP contribution in [-0.4, -0.2) is 26.9 Å². The molecule has 1 aliphatic heterocycles. The van der Waals surface area contributed by atoms with E-state index in [9.17, 15) is 4.79 Å². The second kappa shape index (κ2) is 5.27. The fourth-order valence-electron chi connectivity index (χ4n) is 2.84. The highest BCUT2D eigenvalue weighted by atomic mass is 32.1. The number of nitrogens with zero attached hydrogens (tertiary/aromatic N) is 3. The van der Waals surface area contributed by atoms with Crippen LogP contribution >= 0.6 is 11.3 Å². The molecule has 0 aromatic carbocycles. The first-order chi connectivity index (χ1) is 9.99. The number of hydrogen-bond donors (Lipinski definition) is 1. The van der Waals surface area contributed by atoms with Gasteiger partial charge in [0, 0.05) is 29.9 Å². The first kappa shape index (κ1) is 14.3. The van der Waals surface area contributed by atoms with Crippen molar-refractivity contribution in [2.24, 2.45) is 5.73 Å². The average Bonchev–Trinajstić information content (AvgIpc) is 3.06. The van der Waals surface area contributed by atoms with Crippen LogP contribution in [0.25, 0.3) is 0 Å². The van der Waals surface area contributed by atoms with Gasteiger partial charge in [0.05, 0.1) is 12.1 Å². The van der Waals surface area contributed by atoms with Crippen LogP contribution in [0.3, 0.4) is 0 Å². The molecule has 0 saturated carbocycles. The Morgan fingerprint density at radius 1 is 1.48 bits per heavy atom. The number of hydrogen-bond acceptors (Lipinski definition) is 4. The summed E-state index contributed by atoms with van der Waals surface area (Å²) >= 11 is 1.45. The van der Waals surface area contributed by atoms with E-state index in [1.807, 2.05) is 17.2 Å². The Balaban J connectivity index is 1.85. The normalized spacial score (nSPS) is 19.4. The standard InChI is InChI=1S/C15H20N4OS/c1-9-4-5-13-11(3)19(7-6-18(9)13)15(20)12-8-21-14(17-12)10(2)16/h4-5,8,10-11H,6-7,16H2,1-3H3. The second-order valence-electron chi connectivity index (χ2n) is 5.59. The van der Waals surface area contributed by atoms with Gasteiger partial charge in [0.1, 0.15) is 10.7 Å². The fourth-order valence-corrected chi connectivity index (χ4v) is 3.59. The molecule has 2 atom stereocenters. The lowest BCUT2D eigenvalue weighted by Crippen LogP contribution is -2.41. The molecule has 0 radical (unpaired) electrons. The molecule has 5 nitrogen and oxygen atoms in total. The molecule has 2 aromatic heterocycles. The number of carbonyl (C=O) groups is 1. The summed E-state index contributed by atoms with van der Waals surface area (Å²) in [6, 6.07) is 4.15. The molecule has 0 aliphatic carbocycles. The van der Waals surface area contributed by atoms with Gasteiger partial charge in [-0.05, 0) is 32.9 Å². The molecule has 1 amide bonds. The molecule has 21 heavy (non-hydrogen) atoms. The van der Waals surface area contributed by atoms with Gasteiger partial charge in [0.25, 0.3) is 5.91 Å². The van der Waals surface area contributed by atoms with Crippen molar-refractivity contribution in [1.29, 1.82) is 0 Å². The van der Waals surface area contributed by atoms with Crippen molar-refractivity contribution in [2.45, 2.75) is 39.4 Å². The molecule has 0 saturated heterocycles. The Bertz CT molecular complexity index is 673. The molecule has 0 spiro atoms. The molecule has 0 fully saturated rings. The summed E-state index contributed by atoms with van der Waals surface area (Å²) < 4.78 is 2.28. The number of thiazole rings is 1. The van der Waals surface area contributed by atoms with Gasteiger partial charge in [-0.3, -0.25) is 4.79 Å². The number of amides is 1. The van der Waals surface area contributed by atoms with Crippen LogP contribution in [-0.2, 0) is 6.54 Å². The zero-order valence-electron chi connectivity index (χ0n) is 12.5. The van der Waals surface area contributed by atoms with Crippen molar-refractivity contribution in [2.75, 3.05) is 6.54 Å². The molecule has 2 unspecified atom stereocenters. The molecule has 3 heterocycles. The van der Waals surface area contributed by atoms with Crippen LogP contribution in [0.4, 0.5) is 0 Å². The van der Waals surface area contributed by atoms with Crippen molar-refractivity contribution < 1.29 is 4.79 Å². The fraction of sp³-hybridized carbons (Fsp3) is 0.467. The van der Waals surface area contributed by atoms with Crippen molar-refractivity contribution in [3.63, 3.8) is 0 Å². The topological polar surface area (TPSA) is 64.2 Å². The van der Waals surface area contributed by atoms with Crippen LogP contribution < -0.4 is 5.73 Å². The number of nitrogens with two attached hydrogens (primary N) is 1. The summed E-state index contributed by atoms with van der Waals surface area (Å²) in [5, 5.41) is 2.62. The molecule has 3 rings (SSSR count). The Hall–Kier alpha value is -1.66. The summed E-state index contributed by atoms with van der Waals surface area (Å²) in [5.74, 6) is -0.00393. The third-order valence-corrected chi connectivity index (χ3v) is 5.13. The van der Waals surface area contributed by atoms with Crippen molar-refractivity contribution in [3.05, 3.63) is 39.6 Å². The summed E-state index contributed by atoms with van der Waals surface area (Å²) in [5.41, 5.74) is 8.77. The largest absolute Gasteiger partial charge is 0.345 e. The Kier molecular flexibility index (Phi) is 3.59. The van der Waals surface area contributed by atoms with Gasteiger partial charge in [-0.15, -0.1) is 11.3 Å². The van der Waals surface area contributed by atoms with Crippen LogP contribution in [0.15, 0.2) is 17.5 Å². The van der Waals surface area contributed by atoms with Crippen LogP contribution in [0.5, 0.6) is 0 Å². The predicted molar refractivity (Wildman–Crippen MR) is 83.3 cm³/mol. The zero-order chi connectivity index (χ0) is 15.1. The minimum absolute atomic E-state index is 0.00393. The minimum atomic E-state index is -0.129. The molecular weight excluding hydrogens is 284 g/mol. The van der Waals surface area contributed by atoms with Crippen molar-refractivity contribution >= 4 is 17.2 Å². The Morgan fingerprint density at radius 2 is 2.24 bits per heavy atom. The molecule has 1 aliphatic rings. The maximum absolute atomic E-state index is 12.7. The van der Waals surface area contributed by atoms with E-state index in [2.05, 4.69) is 35.5 Å². The number of carbonyl (C=O) groups excluding carboxylic acids is 1. The van der Waals surface area contributed by atoms with E-state index in [1.54, 1.807) is 0 Å². The van der Waals surface area contributed by atoms with E-state index in [4.69, 9.17) is 5.73 Å². The Labute approximate surface area is 128 Å². The summed E-state index contributed by atoms with van der Waals surface area (Å²) in [7, 11) is 0. The van der Waals surface area contributed by atoms with Crippen LogP contribution in [0.2, 0.25) is 0 Å². The van der Waals surface area contributed by atoms with Gasteiger partial charge >= 0.3 is 0 Å². The third-order valence-electron chi connectivity index (χ3n) is 4.08. The SMILES string of the molecule is Cc1ccc2n1CCN(C(=O)c1csc(C(C)N)n1)C2C. The lowest BCUT2D eigenvalue weighted by molar-refractivity contribution is 0.0637. The van der Waals surface area contributed by atoms with E-state index in [1.165, 1.54) is 22.7 Å². The van der Waals surface area contributed by atoms with E-state index >= 15 is 0 Å². The van der Waals surface area contributed by atoms with Crippen LogP contribution in [0, 0.1) is 6.92 Å². The van der Waals surface area contributed by atoms with Crippen molar-refractivity contribution in [3.8, 4) is 0 Å². The second-order valence-corrected chi connectivity index (χ2v) is 6.48. The maximum Gasteiger partial charge on any atom is 0.273 e. The van der Waals surface area contributed by atoms with Gasteiger partial charge < -0.3 is 15.2 Å². The van der Waals surface area contributed by atoms with E-state index in [0.29, 0.717) is 12.2 Å². The highest BCUT2D eigenvalue weighted by molar-refractivity contribution is 7.09. The number of aryl methyl sites for hydroxylation is 1. The molecular formula is C15H20N4OS. The Morgan fingerprint density at radius 3 is 2.90 bits per heavy atom. The lowest BCUT2D eigenvalue weighted by Gasteiger charge is -2.35. The zero-order valence-corrected chi connectivity index (χ0v) is 13.4. The number of rotatable bonds is 2. The maximum atomic E-state index is 12.7. The lowest BCUT2D eigenvalue weighted by atomic mass is 10.1. The number of fused-ring (bicyclic) bond motifs is 1.